The predicted molar refractivity (Wildman–Crippen MR) is 128 cm³/mol. The summed E-state index contributed by atoms with van der Waals surface area (Å²) in [4.78, 5) is 31.4. The van der Waals surface area contributed by atoms with Crippen LogP contribution < -0.4 is 4.74 Å². The van der Waals surface area contributed by atoms with E-state index >= 15 is 0 Å². The number of rotatable bonds is 7. The lowest BCUT2D eigenvalue weighted by molar-refractivity contribution is -0.139. The van der Waals surface area contributed by atoms with Crippen molar-refractivity contribution in [2.24, 2.45) is 0 Å². The van der Waals surface area contributed by atoms with Crippen LogP contribution in [0.4, 0.5) is 4.39 Å². The highest BCUT2D eigenvalue weighted by Crippen LogP contribution is 2.25. The number of amides is 1. The molecule has 6 nitrogen and oxygen atoms in total. The third-order valence-electron chi connectivity index (χ3n) is 5.93. The minimum Gasteiger partial charge on any atom is -0.484 e. The Bertz CT molecular complexity index is 1120. The summed E-state index contributed by atoms with van der Waals surface area (Å²) >= 11 is 1.40. The number of hydrogen-bond donors (Lipinski definition) is 0. The first-order valence-electron chi connectivity index (χ1n) is 11.3. The molecule has 2 aromatic carbocycles. The van der Waals surface area contributed by atoms with Crippen molar-refractivity contribution < 1.29 is 23.5 Å². The van der Waals surface area contributed by atoms with Gasteiger partial charge in [-0.25, -0.2) is 14.2 Å². The summed E-state index contributed by atoms with van der Waals surface area (Å²) in [5.74, 6) is -0.282. The standard InChI is InChI=1S/C26H27FN2O4S/c1-17-4-3-5-18(2)29(17)24(30)15-32-23-12-8-20(9-13-23)26(31)33-14-22-16-34-25(28-22)19-6-10-21(27)11-7-19/h6-13,16-18H,3-5,14-15H2,1-2H3. The zero-order valence-electron chi connectivity index (χ0n) is 19.2. The number of nitrogens with zero attached hydrogens (tertiary/aromatic N) is 2. The predicted octanol–water partition coefficient (Wildman–Crippen LogP) is 5.47. The van der Waals surface area contributed by atoms with Gasteiger partial charge in [-0.05, 0) is 81.6 Å². The molecular formula is C26H27FN2O4S. The lowest BCUT2D eigenvalue weighted by Gasteiger charge is -2.38. The number of benzene rings is 2. The Morgan fingerprint density at radius 2 is 1.74 bits per heavy atom. The van der Waals surface area contributed by atoms with Gasteiger partial charge in [-0.1, -0.05) is 0 Å². The van der Waals surface area contributed by atoms with E-state index in [2.05, 4.69) is 18.8 Å². The van der Waals surface area contributed by atoms with Crippen LogP contribution in [0.15, 0.2) is 53.9 Å². The van der Waals surface area contributed by atoms with Crippen molar-refractivity contribution in [3.63, 3.8) is 0 Å². The molecular weight excluding hydrogens is 455 g/mol. The molecule has 1 aliphatic rings. The van der Waals surface area contributed by atoms with Crippen LogP contribution in [0, 0.1) is 5.82 Å². The number of carbonyl (C=O) groups excluding carboxylic acids is 2. The number of likely N-dealkylation sites (tertiary alicyclic amines) is 1. The fourth-order valence-corrected chi connectivity index (χ4v) is 4.95. The lowest BCUT2D eigenvalue weighted by atomic mass is 9.97. The summed E-state index contributed by atoms with van der Waals surface area (Å²) < 4.78 is 24.1. The van der Waals surface area contributed by atoms with Crippen LogP contribution in [0.3, 0.4) is 0 Å². The molecule has 0 radical (unpaired) electrons. The second-order valence-electron chi connectivity index (χ2n) is 8.47. The average Bonchev–Trinajstić information content (AvgIpc) is 3.31. The summed E-state index contributed by atoms with van der Waals surface area (Å²) in [6, 6.07) is 13.1. The van der Waals surface area contributed by atoms with Crippen LogP contribution >= 0.6 is 11.3 Å². The lowest BCUT2D eigenvalue weighted by Crippen LogP contribution is -2.49. The molecule has 8 heteroatoms. The van der Waals surface area contributed by atoms with Crippen molar-refractivity contribution in [1.29, 1.82) is 0 Å². The smallest absolute Gasteiger partial charge is 0.338 e. The van der Waals surface area contributed by atoms with Gasteiger partial charge in [0.15, 0.2) is 6.61 Å². The summed E-state index contributed by atoms with van der Waals surface area (Å²) in [6.07, 6.45) is 3.17. The average molecular weight is 483 g/mol. The van der Waals surface area contributed by atoms with E-state index in [1.54, 1.807) is 36.4 Å². The summed E-state index contributed by atoms with van der Waals surface area (Å²) in [5.41, 5.74) is 1.81. The number of ether oxygens (including phenoxy) is 2. The van der Waals surface area contributed by atoms with Gasteiger partial charge in [0.2, 0.25) is 0 Å². The Morgan fingerprint density at radius 1 is 1.06 bits per heavy atom. The molecule has 0 bridgehead atoms. The number of piperidine rings is 1. The van der Waals surface area contributed by atoms with Gasteiger partial charge >= 0.3 is 5.97 Å². The first-order chi connectivity index (χ1) is 16.4. The molecule has 1 aromatic heterocycles. The molecule has 3 aromatic rings. The number of thiazole rings is 1. The minimum atomic E-state index is -0.477. The van der Waals surface area contributed by atoms with E-state index < -0.39 is 5.97 Å². The third-order valence-corrected chi connectivity index (χ3v) is 6.87. The Balaban J connectivity index is 1.27. The molecule has 0 N–H and O–H groups in total. The second-order valence-corrected chi connectivity index (χ2v) is 9.33. The van der Waals surface area contributed by atoms with E-state index in [0.717, 1.165) is 29.8 Å². The Morgan fingerprint density at radius 3 is 2.41 bits per heavy atom. The molecule has 2 heterocycles. The van der Waals surface area contributed by atoms with E-state index in [4.69, 9.17) is 9.47 Å². The largest absolute Gasteiger partial charge is 0.484 e. The van der Waals surface area contributed by atoms with Crippen molar-refractivity contribution in [3.05, 3.63) is 71.0 Å². The van der Waals surface area contributed by atoms with Crippen molar-refractivity contribution in [2.45, 2.75) is 51.8 Å². The molecule has 0 aliphatic carbocycles. The van der Waals surface area contributed by atoms with Gasteiger partial charge in [0, 0.05) is 23.0 Å². The van der Waals surface area contributed by atoms with Gasteiger partial charge in [0.1, 0.15) is 23.2 Å². The maximum Gasteiger partial charge on any atom is 0.338 e. The molecule has 2 atom stereocenters. The van der Waals surface area contributed by atoms with E-state index in [1.165, 1.54) is 23.5 Å². The SMILES string of the molecule is CC1CCCC(C)N1C(=O)COc1ccc(C(=O)OCc2csc(-c3ccc(F)cc3)n2)cc1. The monoisotopic (exact) mass is 482 g/mol. The molecule has 4 rings (SSSR count). The summed E-state index contributed by atoms with van der Waals surface area (Å²) in [5, 5.41) is 2.54. The highest BCUT2D eigenvalue weighted by Gasteiger charge is 2.29. The van der Waals surface area contributed by atoms with Crippen LogP contribution in [0.1, 0.15) is 49.2 Å². The highest BCUT2D eigenvalue weighted by molar-refractivity contribution is 7.13. The molecule has 1 fully saturated rings. The first-order valence-corrected chi connectivity index (χ1v) is 12.2. The number of esters is 1. The van der Waals surface area contributed by atoms with Crippen LogP contribution in [-0.2, 0) is 16.1 Å². The molecule has 0 spiro atoms. The highest BCUT2D eigenvalue weighted by atomic mass is 32.1. The minimum absolute atomic E-state index is 0.0218. The third kappa shape index (κ3) is 5.80. The molecule has 2 unspecified atom stereocenters. The molecule has 1 amide bonds. The maximum atomic E-state index is 13.1. The quantitative estimate of drug-likeness (QED) is 0.418. The van der Waals surface area contributed by atoms with Gasteiger partial charge in [-0.3, -0.25) is 4.79 Å². The van der Waals surface area contributed by atoms with Crippen molar-refractivity contribution >= 4 is 23.2 Å². The first kappa shape index (κ1) is 23.9. The molecule has 1 saturated heterocycles. The Labute approximate surface area is 202 Å². The Hall–Kier alpha value is -3.26. The number of hydrogen-bond acceptors (Lipinski definition) is 6. The van der Waals surface area contributed by atoms with Crippen LogP contribution in [0.25, 0.3) is 10.6 Å². The van der Waals surface area contributed by atoms with Crippen molar-refractivity contribution in [2.75, 3.05) is 6.61 Å². The molecule has 1 aliphatic heterocycles. The van der Waals surface area contributed by atoms with Crippen molar-refractivity contribution in [1.82, 2.24) is 9.88 Å². The topological polar surface area (TPSA) is 68.7 Å². The molecule has 178 valence electrons. The van der Waals surface area contributed by atoms with Gasteiger partial charge in [-0.2, -0.15) is 0 Å². The zero-order chi connectivity index (χ0) is 24.1. The number of carbonyl (C=O) groups is 2. The van der Waals surface area contributed by atoms with E-state index in [1.807, 2.05) is 10.3 Å². The molecule has 0 saturated carbocycles. The zero-order valence-corrected chi connectivity index (χ0v) is 20.0. The van der Waals surface area contributed by atoms with Gasteiger partial charge in [-0.15, -0.1) is 11.3 Å². The van der Waals surface area contributed by atoms with Gasteiger partial charge in [0.25, 0.3) is 5.91 Å². The Kier molecular flexibility index (Phi) is 7.57. The number of halogens is 1. The maximum absolute atomic E-state index is 13.1. The fourth-order valence-electron chi connectivity index (χ4n) is 4.14. The van der Waals surface area contributed by atoms with Gasteiger partial charge in [0.05, 0.1) is 11.3 Å². The fraction of sp³-hybridized carbons (Fsp3) is 0.346. The van der Waals surface area contributed by atoms with E-state index in [9.17, 15) is 14.0 Å². The summed E-state index contributed by atoms with van der Waals surface area (Å²) in [7, 11) is 0. The van der Waals surface area contributed by atoms with Crippen LogP contribution in [0.2, 0.25) is 0 Å². The van der Waals surface area contributed by atoms with Crippen LogP contribution in [0.5, 0.6) is 5.75 Å². The molecule has 34 heavy (non-hydrogen) atoms. The summed E-state index contributed by atoms with van der Waals surface area (Å²) in [6.45, 7) is 4.15. The van der Waals surface area contributed by atoms with Gasteiger partial charge < -0.3 is 14.4 Å². The van der Waals surface area contributed by atoms with E-state index in [0.29, 0.717) is 17.0 Å². The second kappa shape index (κ2) is 10.8. The number of aromatic nitrogens is 1. The van der Waals surface area contributed by atoms with Crippen LogP contribution in [-0.4, -0.2) is 40.5 Å². The van der Waals surface area contributed by atoms with E-state index in [-0.39, 0.29) is 37.0 Å². The van der Waals surface area contributed by atoms with Crippen molar-refractivity contribution in [3.8, 4) is 16.3 Å². The normalized spacial score (nSPS) is 17.9.